The first-order valence-corrected chi connectivity index (χ1v) is 3.81. The number of nitrogens with one attached hydrogen (secondary N) is 2. The Kier molecular flexibility index (Phi) is 1.24. The van der Waals surface area contributed by atoms with Crippen molar-refractivity contribution in [3.8, 4) is 0 Å². The molecule has 2 fully saturated rings. The van der Waals surface area contributed by atoms with Crippen LogP contribution in [0.4, 0.5) is 0 Å². The van der Waals surface area contributed by atoms with E-state index in [2.05, 4.69) is 10.6 Å². The van der Waals surface area contributed by atoms with Crippen LogP contribution in [0.15, 0.2) is 0 Å². The molecule has 0 saturated heterocycles. The van der Waals surface area contributed by atoms with Gasteiger partial charge in [-0.15, -0.1) is 0 Å². The molecule has 2 amide bonds. The van der Waals surface area contributed by atoms with Gasteiger partial charge in [0.05, 0.1) is 11.1 Å². The molecule has 0 unspecified atom stereocenters. The van der Waals surface area contributed by atoms with Crippen LogP contribution in [-0.2, 0) is 9.59 Å². The van der Waals surface area contributed by atoms with Gasteiger partial charge in [-0.05, 0) is 12.8 Å². The Morgan fingerprint density at radius 2 is 2.17 bits per heavy atom. The zero-order chi connectivity index (χ0) is 8.82. The molecule has 2 aliphatic rings. The van der Waals surface area contributed by atoms with Gasteiger partial charge in [0.15, 0.2) is 0 Å². The van der Waals surface area contributed by atoms with Gasteiger partial charge in [-0.2, -0.15) is 0 Å². The second-order valence-electron chi connectivity index (χ2n) is 3.49. The number of carbonyl (C=O) groups is 2. The van der Waals surface area contributed by atoms with Crippen LogP contribution in [0, 0.1) is 0 Å². The van der Waals surface area contributed by atoms with Crippen molar-refractivity contribution >= 4 is 12.3 Å². The number of rotatable bonds is 4. The molecule has 0 atom stereocenters. The molecular weight excluding hydrogens is 160 g/mol. The average molecular weight is 170 g/mol. The first-order chi connectivity index (χ1) is 5.68. The topological polar surface area (TPSA) is 78.4 Å². The summed E-state index contributed by atoms with van der Waals surface area (Å²) in [5.41, 5.74) is -0.382. The predicted molar refractivity (Wildman–Crippen MR) is 39.1 cm³/mol. The summed E-state index contributed by atoms with van der Waals surface area (Å²) < 4.78 is 0. The highest BCUT2D eigenvalue weighted by molar-refractivity contribution is 5.81. The Morgan fingerprint density at radius 1 is 1.50 bits per heavy atom. The third kappa shape index (κ3) is 0.768. The number of aliphatic hydroxyl groups excluding tert-OH is 1. The van der Waals surface area contributed by atoms with Gasteiger partial charge in [0, 0.05) is 0 Å². The van der Waals surface area contributed by atoms with Crippen LogP contribution >= 0.6 is 0 Å². The Hall–Kier alpha value is -1.10. The largest absolute Gasteiger partial charge is 0.387 e. The zero-order valence-corrected chi connectivity index (χ0v) is 6.46. The highest BCUT2D eigenvalue weighted by Crippen LogP contribution is 2.70. The molecule has 0 aromatic carbocycles. The lowest BCUT2D eigenvalue weighted by Crippen LogP contribution is -2.34. The molecule has 0 radical (unpaired) electrons. The Balaban J connectivity index is 1.87. The quantitative estimate of drug-likeness (QED) is 0.432. The van der Waals surface area contributed by atoms with Gasteiger partial charge in [0.1, 0.15) is 6.61 Å². The molecule has 2 saturated carbocycles. The number of aliphatic hydroxyl groups is 1. The van der Waals surface area contributed by atoms with Crippen molar-refractivity contribution in [2.45, 2.75) is 23.9 Å². The van der Waals surface area contributed by atoms with Crippen LogP contribution in [0.3, 0.4) is 0 Å². The summed E-state index contributed by atoms with van der Waals surface area (Å²) in [6.07, 6.45) is 2.24. The lowest BCUT2D eigenvalue weighted by Gasteiger charge is -2.02. The highest BCUT2D eigenvalue weighted by atomic mass is 16.3. The summed E-state index contributed by atoms with van der Waals surface area (Å²) in [7, 11) is 0. The van der Waals surface area contributed by atoms with Gasteiger partial charge in [0.2, 0.25) is 12.3 Å². The van der Waals surface area contributed by atoms with E-state index in [0.29, 0.717) is 6.41 Å². The molecule has 66 valence electrons. The van der Waals surface area contributed by atoms with Gasteiger partial charge >= 0.3 is 0 Å². The maximum atomic E-state index is 10.8. The van der Waals surface area contributed by atoms with E-state index in [0.717, 1.165) is 12.8 Å². The molecule has 0 aromatic rings. The lowest BCUT2D eigenvalue weighted by molar-refractivity contribution is -0.124. The van der Waals surface area contributed by atoms with Gasteiger partial charge in [-0.1, -0.05) is 0 Å². The molecule has 2 aliphatic carbocycles. The van der Waals surface area contributed by atoms with E-state index in [4.69, 9.17) is 5.11 Å². The third-order valence-electron chi connectivity index (χ3n) is 2.73. The summed E-state index contributed by atoms with van der Waals surface area (Å²) in [6, 6.07) is 0. The predicted octanol–water partition coefficient (Wildman–Crippen LogP) is -1.87. The summed E-state index contributed by atoms with van der Waals surface area (Å²) >= 11 is 0. The minimum atomic E-state index is -0.487. The fraction of sp³-hybridized carbons (Fsp3) is 0.714. The molecular formula is C7H10N2O3. The van der Waals surface area contributed by atoms with Crippen molar-refractivity contribution in [2.24, 2.45) is 0 Å². The van der Waals surface area contributed by atoms with E-state index in [1.165, 1.54) is 0 Å². The van der Waals surface area contributed by atoms with E-state index < -0.39 is 6.61 Å². The van der Waals surface area contributed by atoms with Crippen molar-refractivity contribution in [3.63, 3.8) is 0 Å². The van der Waals surface area contributed by atoms with Crippen molar-refractivity contribution < 1.29 is 14.7 Å². The van der Waals surface area contributed by atoms with E-state index in [1.54, 1.807) is 0 Å². The molecule has 2 rings (SSSR count). The van der Waals surface area contributed by atoms with Crippen LogP contribution < -0.4 is 10.6 Å². The van der Waals surface area contributed by atoms with Crippen LogP contribution in [0.5, 0.6) is 0 Å². The number of carbonyl (C=O) groups excluding carboxylic acids is 2. The zero-order valence-electron chi connectivity index (χ0n) is 6.46. The van der Waals surface area contributed by atoms with Crippen LogP contribution in [0.2, 0.25) is 0 Å². The van der Waals surface area contributed by atoms with E-state index in [1.807, 2.05) is 0 Å². The molecule has 12 heavy (non-hydrogen) atoms. The van der Waals surface area contributed by atoms with Crippen LogP contribution in [0.1, 0.15) is 12.8 Å². The first kappa shape index (κ1) is 7.54. The van der Waals surface area contributed by atoms with Crippen molar-refractivity contribution in [3.05, 3.63) is 0 Å². The number of amides is 2. The molecule has 0 heterocycles. The lowest BCUT2D eigenvalue weighted by atomic mass is 10.3. The SMILES string of the molecule is O=CNC12CC1(NC(=O)CO)C2. The fourth-order valence-electron chi connectivity index (χ4n) is 1.76. The summed E-state index contributed by atoms with van der Waals surface area (Å²) in [5, 5.41) is 13.8. The molecule has 0 aromatic heterocycles. The van der Waals surface area contributed by atoms with Gasteiger partial charge in [0.25, 0.3) is 0 Å². The Morgan fingerprint density at radius 3 is 2.67 bits per heavy atom. The average Bonchev–Trinajstić information content (AvgIpc) is 2.75. The fourth-order valence-corrected chi connectivity index (χ4v) is 1.76. The second kappa shape index (κ2) is 1.98. The van der Waals surface area contributed by atoms with Gasteiger partial charge in [-0.25, -0.2) is 0 Å². The van der Waals surface area contributed by atoms with Crippen LogP contribution in [-0.4, -0.2) is 35.1 Å². The monoisotopic (exact) mass is 170 g/mol. The number of fused-ring (bicyclic) bond motifs is 1. The summed E-state index contributed by atoms with van der Waals surface area (Å²) in [5.74, 6) is -0.373. The second-order valence-corrected chi connectivity index (χ2v) is 3.49. The molecule has 3 N–H and O–H groups in total. The molecule has 0 aliphatic heterocycles. The van der Waals surface area contributed by atoms with E-state index in [-0.39, 0.29) is 17.0 Å². The van der Waals surface area contributed by atoms with Crippen LogP contribution in [0.25, 0.3) is 0 Å². The minimum Gasteiger partial charge on any atom is -0.387 e. The number of hydrogen-bond donors (Lipinski definition) is 3. The highest BCUT2D eigenvalue weighted by Gasteiger charge is 2.84. The standard InChI is InChI=1S/C7H10N2O3/c10-1-5(12)9-7-2-6(7,3-7)8-4-11/h4,10H,1-3H2,(H,8,11)(H,9,12). The maximum Gasteiger partial charge on any atom is 0.246 e. The first-order valence-electron chi connectivity index (χ1n) is 3.81. The van der Waals surface area contributed by atoms with Gasteiger partial charge in [-0.3, -0.25) is 9.59 Å². The molecule has 5 nitrogen and oxygen atoms in total. The molecule has 0 spiro atoms. The van der Waals surface area contributed by atoms with Crippen molar-refractivity contribution in [1.29, 1.82) is 0 Å². The Labute approximate surface area is 69.1 Å². The Bertz CT molecular complexity index is 245. The normalized spacial score (nSPS) is 41.1. The summed E-state index contributed by atoms with van der Waals surface area (Å²) in [6.45, 7) is -0.487. The number of hydrogen-bond acceptors (Lipinski definition) is 3. The van der Waals surface area contributed by atoms with E-state index >= 15 is 0 Å². The minimum absolute atomic E-state index is 0.167. The third-order valence-corrected chi connectivity index (χ3v) is 2.73. The molecule has 5 heteroatoms. The van der Waals surface area contributed by atoms with Crippen molar-refractivity contribution in [1.82, 2.24) is 10.6 Å². The van der Waals surface area contributed by atoms with E-state index in [9.17, 15) is 9.59 Å². The van der Waals surface area contributed by atoms with Crippen molar-refractivity contribution in [2.75, 3.05) is 6.61 Å². The summed E-state index contributed by atoms with van der Waals surface area (Å²) in [4.78, 5) is 20.9. The maximum absolute atomic E-state index is 10.8. The smallest absolute Gasteiger partial charge is 0.246 e. The molecule has 0 bridgehead atoms. The van der Waals surface area contributed by atoms with Gasteiger partial charge < -0.3 is 15.7 Å².